The summed E-state index contributed by atoms with van der Waals surface area (Å²) in [7, 11) is 0. The number of aryl methyl sites for hydroxylation is 2. The van der Waals surface area contributed by atoms with Crippen molar-refractivity contribution >= 4 is 22.9 Å². The molecule has 1 heterocycles. The molecule has 2 aromatic carbocycles. The van der Waals surface area contributed by atoms with Gasteiger partial charge in [-0.15, -0.1) is 0 Å². The number of hydrogen-bond acceptors (Lipinski definition) is 5. The Kier molecular flexibility index (Phi) is 5.17. The number of hydrogen-bond donors (Lipinski definition) is 2. The third-order valence-corrected chi connectivity index (χ3v) is 4.39. The van der Waals surface area contributed by atoms with Crippen LogP contribution in [0.5, 0.6) is 5.75 Å². The van der Waals surface area contributed by atoms with E-state index in [1.807, 2.05) is 0 Å². The molecule has 1 aromatic heterocycles. The molecule has 2 N–H and O–H groups in total. The summed E-state index contributed by atoms with van der Waals surface area (Å²) in [5, 5.41) is 19.1. The molecule has 0 unspecified atom stereocenters. The average Bonchev–Trinajstić information content (AvgIpc) is 2.62. The highest BCUT2D eigenvalue weighted by molar-refractivity contribution is 5.89. The van der Waals surface area contributed by atoms with Gasteiger partial charge in [0.05, 0.1) is 17.4 Å². The molecule has 0 fully saturated rings. The number of aliphatic carboxylic acids is 2. The van der Waals surface area contributed by atoms with Crippen LogP contribution in [0.1, 0.15) is 28.4 Å². The molecule has 3 aromatic rings. The van der Waals surface area contributed by atoms with E-state index in [1.54, 1.807) is 56.3 Å². The summed E-state index contributed by atoms with van der Waals surface area (Å²) < 4.78 is 11.1. The fraction of sp³-hybridized carbons (Fsp3) is 0.190. The predicted molar refractivity (Wildman–Crippen MR) is 101 cm³/mol. The van der Waals surface area contributed by atoms with E-state index in [1.165, 1.54) is 0 Å². The summed E-state index contributed by atoms with van der Waals surface area (Å²) in [6.07, 6.45) is -1.78. The van der Waals surface area contributed by atoms with Gasteiger partial charge in [0, 0.05) is 5.56 Å². The van der Waals surface area contributed by atoms with E-state index in [4.69, 9.17) is 14.3 Å². The SMILES string of the molecule is Cc1cc(O[C@@H](C(=O)O)c2ccccc2)c2c(C)c(CC(=O)O)c(=O)oc2c1. The summed E-state index contributed by atoms with van der Waals surface area (Å²) in [5.41, 5.74) is 1.02. The molecule has 0 bridgehead atoms. The summed E-state index contributed by atoms with van der Waals surface area (Å²) >= 11 is 0. The quantitative estimate of drug-likeness (QED) is 0.629. The molecule has 0 amide bonds. The summed E-state index contributed by atoms with van der Waals surface area (Å²) in [6, 6.07) is 11.7. The van der Waals surface area contributed by atoms with Crippen molar-refractivity contribution in [2.24, 2.45) is 0 Å². The van der Waals surface area contributed by atoms with E-state index in [0.29, 0.717) is 22.1 Å². The molecular weight excluding hydrogens is 364 g/mol. The van der Waals surface area contributed by atoms with Crippen molar-refractivity contribution in [3.8, 4) is 5.75 Å². The number of carbonyl (C=O) groups is 2. The van der Waals surface area contributed by atoms with Gasteiger partial charge in [-0.3, -0.25) is 4.79 Å². The first kappa shape index (κ1) is 19.2. The highest BCUT2D eigenvalue weighted by Gasteiger charge is 2.25. The van der Waals surface area contributed by atoms with E-state index in [-0.39, 0.29) is 16.9 Å². The van der Waals surface area contributed by atoms with Crippen molar-refractivity contribution in [1.29, 1.82) is 0 Å². The molecular formula is C21H18O7. The van der Waals surface area contributed by atoms with Crippen molar-refractivity contribution in [3.05, 3.63) is 75.1 Å². The molecule has 144 valence electrons. The second-order valence-corrected chi connectivity index (χ2v) is 6.45. The van der Waals surface area contributed by atoms with Crippen LogP contribution in [0.25, 0.3) is 11.0 Å². The Morgan fingerprint density at radius 2 is 1.79 bits per heavy atom. The Balaban J connectivity index is 2.20. The average molecular weight is 382 g/mol. The molecule has 0 saturated heterocycles. The Hall–Kier alpha value is -3.61. The number of rotatable bonds is 6. The Morgan fingerprint density at radius 1 is 1.11 bits per heavy atom. The Bertz CT molecular complexity index is 1110. The van der Waals surface area contributed by atoms with Gasteiger partial charge >= 0.3 is 17.6 Å². The lowest BCUT2D eigenvalue weighted by Gasteiger charge is -2.18. The van der Waals surface area contributed by atoms with Crippen molar-refractivity contribution in [3.63, 3.8) is 0 Å². The fourth-order valence-electron chi connectivity index (χ4n) is 3.10. The van der Waals surface area contributed by atoms with Crippen molar-refractivity contribution in [1.82, 2.24) is 0 Å². The maximum Gasteiger partial charge on any atom is 0.349 e. The third kappa shape index (κ3) is 3.73. The van der Waals surface area contributed by atoms with Crippen LogP contribution in [0.3, 0.4) is 0 Å². The Labute approximate surface area is 159 Å². The van der Waals surface area contributed by atoms with Gasteiger partial charge in [-0.2, -0.15) is 0 Å². The highest BCUT2D eigenvalue weighted by Crippen LogP contribution is 2.34. The van der Waals surface area contributed by atoms with Crippen molar-refractivity contribution in [2.75, 3.05) is 0 Å². The minimum absolute atomic E-state index is 0.000268. The molecule has 0 aliphatic rings. The summed E-state index contributed by atoms with van der Waals surface area (Å²) in [6.45, 7) is 3.35. The first-order valence-electron chi connectivity index (χ1n) is 8.51. The number of fused-ring (bicyclic) bond motifs is 1. The number of carboxylic acid groups (broad SMARTS) is 2. The molecule has 3 rings (SSSR count). The van der Waals surface area contributed by atoms with E-state index in [0.717, 1.165) is 0 Å². The van der Waals surface area contributed by atoms with Gasteiger partial charge < -0.3 is 19.4 Å². The maximum absolute atomic E-state index is 12.2. The lowest BCUT2D eigenvalue weighted by molar-refractivity contribution is -0.145. The van der Waals surface area contributed by atoms with Crippen LogP contribution in [0.4, 0.5) is 0 Å². The monoisotopic (exact) mass is 382 g/mol. The van der Waals surface area contributed by atoms with Crippen molar-refractivity contribution < 1.29 is 29.0 Å². The number of carboxylic acids is 2. The second kappa shape index (κ2) is 7.56. The van der Waals surface area contributed by atoms with Crippen LogP contribution in [0, 0.1) is 13.8 Å². The van der Waals surface area contributed by atoms with E-state index < -0.39 is 30.1 Å². The fourth-order valence-corrected chi connectivity index (χ4v) is 3.10. The maximum atomic E-state index is 12.2. The smallest absolute Gasteiger partial charge is 0.349 e. The van der Waals surface area contributed by atoms with E-state index >= 15 is 0 Å². The molecule has 28 heavy (non-hydrogen) atoms. The number of ether oxygens (including phenoxy) is 1. The topological polar surface area (TPSA) is 114 Å². The Morgan fingerprint density at radius 3 is 2.39 bits per heavy atom. The molecule has 7 nitrogen and oxygen atoms in total. The van der Waals surface area contributed by atoms with Crippen LogP contribution in [0.2, 0.25) is 0 Å². The van der Waals surface area contributed by atoms with E-state index in [2.05, 4.69) is 0 Å². The molecule has 0 aliphatic carbocycles. The minimum Gasteiger partial charge on any atom is -0.481 e. The van der Waals surface area contributed by atoms with Gasteiger partial charge in [-0.05, 0) is 37.1 Å². The van der Waals surface area contributed by atoms with Gasteiger partial charge in [0.15, 0.2) is 0 Å². The molecule has 0 spiro atoms. The van der Waals surface area contributed by atoms with E-state index in [9.17, 15) is 19.5 Å². The lowest BCUT2D eigenvalue weighted by atomic mass is 10.0. The molecule has 7 heteroatoms. The zero-order valence-corrected chi connectivity index (χ0v) is 15.3. The van der Waals surface area contributed by atoms with Crippen LogP contribution in [-0.2, 0) is 16.0 Å². The van der Waals surface area contributed by atoms with Gasteiger partial charge in [0.25, 0.3) is 0 Å². The zero-order chi connectivity index (χ0) is 20.4. The molecule has 1 atom stereocenters. The molecule has 0 radical (unpaired) electrons. The normalized spacial score (nSPS) is 11.9. The first-order valence-corrected chi connectivity index (χ1v) is 8.51. The minimum atomic E-state index is -1.28. The largest absolute Gasteiger partial charge is 0.481 e. The third-order valence-electron chi connectivity index (χ3n) is 4.39. The van der Waals surface area contributed by atoms with Gasteiger partial charge in [-0.1, -0.05) is 30.3 Å². The highest BCUT2D eigenvalue weighted by atomic mass is 16.5. The lowest BCUT2D eigenvalue weighted by Crippen LogP contribution is -2.19. The summed E-state index contributed by atoms with van der Waals surface area (Å²) in [5.74, 6) is -2.14. The van der Waals surface area contributed by atoms with Crippen molar-refractivity contribution in [2.45, 2.75) is 26.4 Å². The zero-order valence-electron chi connectivity index (χ0n) is 15.3. The van der Waals surface area contributed by atoms with Gasteiger partial charge in [0.2, 0.25) is 6.10 Å². The molecule has 0 saturated carbocycles. The molecule has 0 aliphatic heterocycles. The van der Waals surface area contributed by atoms with Gasteiger partial charge in [-0.25, -0.2) is 9.59 Å². The summed E-state index contributed by atoms with van der Waals surface area (Å²) in [4.78, 5) is 35.1. The standard InChI is InChI=1S/C21H18O7/c1-11-8-15(27-19(20(24)25)13-6-4-3-5-7-13)18-12(2)14(10-17(22)23)21(26)28-16(18)9-11/h3-9,19H,10H2,1-2H3,(H,22,23)(H,24,25)/t19-/m1/s1. The second-order valence-electron chi connectivity index (χ2n) is 6.45. The first-order chi connectivity index (χ1) is 13.3. The van der Waals surface area contributed by atoms with Crippen LogP contribution in [0.15, 0.2) is 51.7 Å². The number of benzene rings is 2. The van der Waals surface area contributed by atoms with Crippen LogP contribution < -0.4 is 10.4 Å². The van der Waals surface area contributed by atoms with Gasteiger partial charge in [0.1, 0.15) is 11.3 Å². The van der Waals surface area contributed by atoms with Crippen LogP contribution in [-0.4, -0.2) is 22.2 Å². The predicted octanol–water partition coefficient (Wildman–Crippen LogP) is 3.24. The van der Waals surface area contributed by atoms with Crippen LogP contribution >= 0.6 is 0 Å².